The summed E-state index contributed by atoms with van der Waals surface area (Å²) in [5.74, 6) is 0.337. The van der Waals surface area contributed by atoms with Crippen molar-refractivity contribution in [3.8, 4) is 17.2 Å². The van der Waals surface area contributed by atoms with Gasteiger partial charge in [0, 0.05) is 6.07 Å². The number of aromatic hydroxyl groups is 1. The maximum absolute atomic E-state index is 11.7. The molecule has 0 saturated heterocycles. The van der Waals surface area contributed by atoms with E-state index in [1.54, 1.807) is 24.3 Å². The molecule has 0 aliphatic rings. The zero-order valence-electron chi connectivity index (χ0n) is 18.6. The van der Waals surface area contributed by atoms with E-state index in [4.69, 9.17) is 4.74 Å². The third-order valence-corrected chi connectivity index (χ3v) is 6.32. The summed E-state index contributed by atoms with van der Waals surface area (Å²) in [6, 6.07) is 11.4. The molecule has 0 heterocycles. The number of benzene rings is 2. The number of unbranched alkanes of at least 4 members (excludes halogenated alkanes) is 10. The van der Waals surface area contributed by atoms with Crippen LogP contribution in [-0.4, -0.2) is 18.1 Å². The van der Waals surface area contributed by atoms with Crippen LogP contribution in [0.2, 0.25) is 0 Å². The maximum atomic E-state index is 11.7. The molecule has 5 nitrogen and oxygen atoms in total. The Balaban J connectivity index is 1.85. The van der Waals surface area contributed by atoms with E-state index in [1.165, 1.54) is 57.4 Å². The molecule has 0 aromatic heterocycles. The molecule has 172 valence electrons. The van der Waals surface area contributed by atoms with Gasteiger partial charge in [0.25, 0.3) is 10.1 Å². The van der Waals surface area contributed by atoms with Crippen LogP contribution in [0, 0.1) is 0 Å². The normalized spacial score (nSPS) is 11.5. The number of rotatable bonds is 15. The highest BCUT2D eigenvalue weighted by molar-refractivity contribution is 7.86. The molecule has 0 radical (unpaired) electrons. The van der Waals surface area contributed by atoms with E-state index < -0.39 is 15.0 Å². The average Bonchev–Trinajstić information content (AvgIpc) is 2.73. The standard InChI is InChI=1S/C25H36O5S/c1-2-3-4-5-6-7-8-9-10-11-13-16-21-19-24(30-22-17-14-12-15-18-22)25(20-23(21)26)31(27,28)29/h12,14-15,17-20,26H,2-11,13,16H2,1H3,(H,27,28,29). The Kier molecular flexibility index (Phi) is 10.9. The first-order chi connectivity index (χ1) is 14.9. The van der Waals surface area contributed by atoms with Crippen molar-refractivity contribution in [3.63, 3.8) is 0 Å². The largest absolute Gasteiger partial charge is 0.508 e. The quantitative estimate of drug-likeness (QED) is 0.221. The summed E-state index contributed by atoms with van der Waals surface area (Å²) in [4.78, 5) is -0.434. The Bertz CT molecular complexity index is 878. The molecule has 2 N–H and O–H groups in total. The van der Waals surface area contributed by atoms with Crippen LogP contribution in [0.25, 0.3) is 0 Å². The summed E-state index contributed by atoms with van der Waals surface area (Å²) in [5.41, 5.74) is 0.620. The minimum absolute atomic E-state index is 0.0181. The second kappa shape index (κ2) is 13.4. The highest BCUT2D eigenvalue weighted by Gasteiger charge is 2.21. The summed E-state index contributed by atoms with van der Waals surface area (Å²) >= 11 is 0. The molecule has 0 fully saturated rings. The minimum Gasteiger partial charge on any atom is -0.508 e. The lowest BCUT2D eigenvalue weighted by molar-refractivity contribution is 0.434. The van der Waals surface area contributed by atoms with Gasteiger partial charge in [0.05, 0.1) is 0 Å². The van der Waals surface area contributed by atoms with Crippen molar-refractivity contribution in [3.05, 3.63) is 48.0 Å². The molecule has 31 heavy (non-hydrogen) atoms. The highest BCUT2D eigenvalue weighted by atomic mass is 32.2. The van der Waals surface area contributed by atoms with Gasteiger partial charge in [0.2, 0.25) is 0 Å². The smallest absolute Gasteiger partial charge is 0.298 e. The first-order valence-electron chi connectivity index (χ1n) is 11.5. The Labute approximate surface area is 187 Å². The topological polar surface area (TPSA) is 83.8 Å². The van der Waals surface area contributed by atoms with Crippen LogP contribution < -0.4 is 4.74 Å². The van der Waals surface area contributed by atoms with Gasteiger partial charge in [-0.05, 0) is 36.6 Å². The van der Waals surface area contributed by atoms with Gasteiger partial charge in [-0.15, -0.1) is 0 Å². The molecule has 2 aromatic carbocycles. The van der Waals surface area contributed by atoms with Crippen LogP contribution in [0.1, 0.15) is 83.1 Å². The fraction of sp³-hybridized carbons (Fsp3) is 0.520. The van der Waals surface area contributed by atoms with E-state index in [0.717, 1.165) is 25.3 Å². The van der Waals surface area contributed by atoms with Crippen molar-refractivity contribution < 1.29 is 22.8 Å². The number of phenols is 1. The van der Waals surface area contributed by atoms with Crippen molar-refractivity contribution in [2.24, 2.45) is 0 Å². The van der Waals surface area contributed by atoms with Crippen molar-refractivity contribution in [2.75, 3.05) is 0 Å². The molecule has 2 rings (SSSR count). The van der Waals surface area contributed by atoms with Gasteiger partial charge in [-0.3, -0.25) is 4.55 Å². The van der Waals surface area contributed by atoms with Gasteiger partial charge in [-0.1, -0.05) is 89.3 Å². The van der Waals surface area contributed by atoms with Crippen LogP contribution in [-0.2, 0) is 16.5 Å². The molecular weight excluding hydrogens is 412 g/mol. The molecule has 0 atom stereocenters. The Morgan fingerprint density at radius 2 is 1.35 bits per heavy atom. The number of para-hydroxylation sites is 1. The molecule has 0 aliphatic heterocycles. The lowest BCUT2D eigenvalue weighted by Gasteiger charge is -2.13. The monoisotopic (exact) mass is 448 g/mol. The van der Waals surface area contributed by atoms with Gasteiger partial charge in [0.15, 0.2) is 0 Å². The molecule has 0 spiro atoms. The fourth-order valence-corrected chi connectivity index (χ4v) is 4.28. The second-order valence-electron chi connectivity index (χ2n) is 8.10. The van der Waals surface area contributed by atoms with Gasteiger partial charge in [-0.25, -0.2) is 0 Å². The zero-order chi connectivity index (χ0) is 22.5. The summed E-state index contributed by atoms with van der Waals surface area (Å²) in [7, 11) is -4.52. The van der Waals surface area contributed by atoms with Crippen molar-refractivity contribution in [1.82, 2.24) is 0 Å². The Morgan fingerprint density at radius 1 is 0.806 bits per heavy atom. The van der Waals surface area contributed by atoms with E-state index >= 15 is 0 Å². The van der Waals surface area contributed by atoms with Crippen LogP contribution in [0.15, 0.2) is 47.4 Å². The molecule has 0 bridgehead atoms. The molecular formula is C25H36O5S. The van der Waals surface area contributed by atoms with E-state index in [-0.39, 0.29) is 11.5 Å². The predicted octanol–water partition coefficient (Wildman–Crippen LogP) is 7.28. The average molecular weight is 449 g/mol. The summed E-state index contributed by atoms with van der Waals surface area (Å²) < 4.78 is 38.7. The fourth-order valence-electron chi connectivity index (χ4n) is 3.67. The first kappa shape index (κ1) is 25.2. The van der Waals surface area contributed by atoms with E-state index in [1.807, 2.05) is 6.07 Å². The van der Waals surface area contributed by atoms with Crippen LogP contribution in [0.3, 0.4) is 0 Å². The molecule has 0 aliphatic carbocycles. The molecule has 2 aromatic rings. The molecule has 0 amide bonds. The number of hydrogen-bond donors (Lipinski definition) is 2. The third-order valence-electron chi connectivity index (χ3n) is 5.44. The minimum atomic E-state index is -4.52. The number of hydrogen-bond acceptors (Lipinski definition) is 4. The van der Waals surface area contributed by atoms with E-state index in [9.17, 15) is 18.1 Å². The van der Waals surface area contributed by atoms with Gasteiger partial charge in [-0.2, -0.15) is 8.42 Å². The first-order valence-corrected chi connectivity index (χ1v) is 12.9. The highest BCUT2D eigenvalue weighted by Crippen LogP contribution is 2.35. The summed E-state index contributed by atoms with van der Waals surface area (Å²) in [5, 5.41) is 10.3. The Morgan fingerprint density at radius 3 is 1.90 bits per heavy atom. The number of phenolic OH excluding ortho intramolecular Hbond substituents is 1. The van der Waals surface area contributed by atoms with E-state index in [0.29, 0.717) is 17.7 Å². The SMILES string of the molecule is CCCCCCCCCCCCCc1cc(Oc2ccccc2)c(S(=O)(=O)O)cc1O. The Hall–Kier alpha value is -2.05. The predicted molar refractivity (Wildman–Crippen MR) is 125 cm³/mol. The second-order valence-corrected chi connectivity index (χ2v) is 9.49. The molecule has 0 unspecified atom stereocenters. The van der Waals surface area contributed by atoms with Gasteiger partial charge >= 0.3 is 0 Å². The number of ether oxygens (including phenoxy) is 1. The van der Waals surface area contributed by atoms with Crippen LogP contribution in [0.5, 0.6) is 17.2 Å². The van der Waals surface area contributed by atoms with Crippen LogP contribution >= 0.6 is 0 Å². The van der Waals surface area contributed by atoms with Crippen molar-refractivity contribution in [1.29, 1.82) is 0 Å². The summed E-state index contributed by atoms with van der Waals surface area (Å²) in [6.45, 7) is 2.24. The van der Waals surface area contributed by atoms with Crippen molar-refractivity contribution in [2.45, 2.75) is 88.9 Å². The molecule has 0 saturated carbocycles. The molecule has 6 heteroatoms. The summed E-state index contributed by atoms with van der Waals surface area (Å²) in [6.07, 6.45) is 14.2. The van der Waals surface area contributed by atoms with Gasteiger partial charge in [0.1, 0.15) is 22.1 Å². The number of aryl methyl sites for hydroxylation is 1. The van der Waals surface area contributed by atoms with E-state index in [2.05, 4.69) is 6.92 Å². The third kappa shape index (κ3) is 9.32. The lowest BCUT2D eigenvalue weighted by atomic mass is 10.0. The lowest BCUT2D eigenvalue weighted by Crippen LogP contribution is -2.02. The maximum Gasteiger partial charge on any atom is 0.298 e. The van der Waals surface area contributed by atoms with Crippen molar-refractivity contribution >= 4 is 10.1 Å². The van der Waals surface area contributed by atoms with Crippen LogP contribution in [0.4, 0.5) is 0 Å². The zero-order valence-corrected chi connectivity index (χ0v) is 19.4. The van der Waals surface area contributed by atoms with Gasteiger partial charge < -0.3 is 9.84 Å².